The molecule has 6 nitrogen and oxygen atoms in total. The van der Waals surface area contributed by atoms with E-state index in [1.807, 2.05) is 38.1 Å². The zero-order chi connectivity index (χ0) is 12.5. The quantitative estimate of drug-likeness (QED) is 0.685. The fourth-order valence-corrected chi connectivity index (χ4v) is 1.76. The molecule has 0 fully saturated rings. The van der Waals surface area contributed by atoms with Gasteiger partial charge in [0.2, 0.25) is 5.82 Å². The Morgan fingerprint density at radius 2 is 2.06 bits per heavy atom. The van der Waals surface area contributed by atoms with Gasteiger partial charge < -0.3 is 4.52 Å². The van der Waals surface area contributed by atoms with Crippen molar-refractivity contribution in [2.45, 2.75) is 13.8 Å². The van der Waals surface area contributed by atoms with E-state index in [9.17, 15) is 0 Å². The molecule has 6 heteroatoms. The molecule has 0 atom stereocenters. The first-order chi connectivity index (χ1) is 8.74. The Labute approximate surface area is 103 Å². The van der Waals surface area contributed by atoms with Gasteiger partial charge in [0.25, 0.3) is 0 Å². The van der Waals surface area contributed by atoms with E-state index in [0.717, 1.165) is 16.9 Å². The SMILES string of the molecule is Cc1cccc(-c2nnnn2-c2cc(C)on2)c1. The topological polar surface area (TPSA) is 69.6 Å². The van der Waals surface area contributed by atoms with Gasteiger partial charge in [-0.15, -0.1) is 5.10 Å². The van der Waals surface area contributed by atoms with Crippen molar-refractivity contribution in [1.29, 1.82) is 0 Å². The highest BCUT2D eigenvalue weighted by Crippen LogP contribution is 2.19. The highest BCUT2D eigenvalue weighted by molar-refractivity contribution is 5.57. The maximum atomic E-state index is 5.04. The summed E-state index contributed by atoms with van der Waals surface area (Å²) in [7, 11) is 0. The Balaban J connectivity index is 2.12. The van der Waals surface area contributed by atoms with Gasteiger partial charge in [0.15, 0.2) is 5.82 Å². The number of benzene rings is 1. The molecule has 0 aliphatic rings. The summed E-state index contributed by atoms with van der Waals surface area (Å²) in [6, 6.07) is 9.77. The molecule has 0 radical (unpaired) electrons. The molecular weight excluding hydrogens is 230 g/mol. The van der Waals surface area contributed by atoms with E-state index in [1.165, 1.54) is 0 Å². The standard InChI is InChI=1S/C12H11N5O/c1-8-4-3-5-10(6-8)12-13-15-16-17(12)11-7-9(2)18-14-11/h3-7H,1-2H3. The Kier molecular flexibility index (Phi) is 2.40. The smallest absolute Gasteiger partial charge is 0.200 e. The van der Waals surface area contributed by atoms with Gasteiger partial charge in [-0.2, -0.15) is 4.68 Å². The summed E-state index contributed by atoms with van der Waals surface area (Å²) in [5, 5.41) is 15.6. The molecule has 0 aliphatic carbocycles. The van der Waals surface area contributed by atoms with Gasteiger partial charge in [0, 0.05) is 11.6 Å². The maximum Gasteiger partial charge on any atom is 0.200 e. The molecule has 0 aliphatic heterocycles. The van der Waals surface area contributed by atoms with Gasteiger partial charge in [-0.25, -0.2) is 0 Å². The van der Waals surface area contributed by atoms with Gasteiger partial charge in [-0.05, 0) is 30.3 Å². The van der Waals surface area contributed by atoms with Gasteiger partial charge in [-0.1, -0.05) is 28.9 Å². The summed E-state index contributed by atoms with van der Waals surface area (Å²) < 4.78 is 6.60. The molecule has 0 saturated carbocycles. The molecule has 0 unspecified atom stereocenters. The Morgan fingerprint density at radius 1 is 1.17 bits per heavy atom. The van der Waals surface area contributed by atoms with E-state index >= 15 is 0 Å². The first-order valence-corrected chi connectivity index (χ1v) is 5.53. The van der Waals surface area contributed by atoms with E-state index in [2.05, 4.69) is 20.7 Å². The lowest BCUT2D eigenvalue weighted by atomic mass is 10.1. The minimum absolute atomic E-state index is 0.578. The van der Waals surface area contributed by atoms with E-state index in [4.69, 9.17) is 4.52 Å². The average Bonchev–Trinajstić information content (AvgIpc) is 2.96. The van der Waals surface area contributed by atoms with Crippen LogP contribution in [0.4, 0.5) is 0 Å². The summed E-state index contributed by atoms with van der Waals surface area (Å²) in [4.78, 5) is 0. The van der Waals surface area contributed by atoms with Crippen molar-refractivity contribution in [3.05, 3.63) is 41.7 Å². The minimum atomic E-state index is 0.578. The van der Waals surface area contributed by atoms with Crippen LogP contribution in [0.2, 0.25) is 0 Å². The zero-order valence-electron chi connectivity index (χ0n) is 10.0. The van der Waals surface area contributed by atoms with Gasteiger partial charge in [-0.3, -0.25) is 0 Å². The van der Waals surface area contributed by atoms with Gasteiger partial charge in [0.1, 0.15) is 5.76 Å². The van der Waals surface area contributed by atoms with Crippen LogP contribution >= 0.6 is 0 Å². The Bertz CT molecular complexity index is 685. The normalized spacial score (nSPS) is 10.8. The van der Waals surface area contributed by atoms with Crippen molar-refractivity contribution in [2.24, 2.45) is 0 Å². The molecule has 18 heavy (non-hydrogen) atoms. The predicted molar refractivity (Wildman–Crippen MR) is 64.1 cm³/mol. The molecule has 0 spiro atoms. The molecule has 1 aromatic carbocycles. The van der Waals surface area contributed by atoms with E-state index in [0.29, 0.717) is 11.6 Å². The summed E-state index contributed by atoms with van der Waals surface area (Å²) in [5.41, 5.74) is 2.10. The molecule has 3 aromatic rings. The van der Waals surface area contributed by atoms with E-state index in [1.54, 1.807) is 10.7 Å². The number of hydrogen-bond donors (Lipinski definition) is 0. The van der Waals surface area contributed by atoms with Crippen molar-refractivity contribution < 1.29 is 4.52 Å². The summed E-state index contributed by atoms with van der Waals surface area (Å²) >= 11 is 0. The molecule has 2 heterocycles. The number of hydrogen-bond acceptors (Lipinski definition) is 5. The lowest BCUT2D eigenvalue weighted by molar-refractivity contribution is 0.393. The van der Waals surface area contributed by atoms with Crippen LogP contribution in [0.5, 0.6) is 0 Å². The van der Waals surface area contributed by atoms with Crippen molar-refractivity contribution in [3.8, 4) is 17.2 Å². The third-order valence-corrected chi connectivity index (χ3v) is 2.58. The van der Waals surface area contributed by atoms with Crippen LogP contribution in [-0.2, 0) is 0 Å². The van der Waals surface area contributed by atoms with Crippen molar-refractivity contribution >= 4 is 0 Å². The third kappa shape index (κ3) is 1.77. The summed E-state index contributed by atoms with van der Waals surface area (Å²) in [5.74, 6) is 1.94. The van der Waals surface area contributed by atoms with E-state index in [-0.39, 0.29) is 0 Å². The average molecular weight is 241 g/mol. The minimum Gasteiger partial charge on any atom is -0.359 e. The van der Waals surface area contributed by atoms with Crippen LogP contribution < -0.4 is 0 Å². The van der Waals surface area contributed by atoms with Crippen molar-refractivity contribution in [1.82, 2.24) is 25.4 Å². The third-order valence-electron chi connectivity index (χ3n) is 2.58. The number of rotatable bonds is 2. The predicted octanol–water partition coefficient (Wildman–Crippen LogP) is 1.93. The highest BCUT2D eigenvalue weighted by Gasteiger charge is 2.13. The Morgan fingerprint density at radius 3 is 2.78 bits per heavy atom. The number of nitrogens with zero attached hydrogens (tertiary/aromatic N) is 5. The lowest BCUT2D eigenvalue weighted by Crippen LogP contribution is -2.00. The van der Waals surface area contributed by atoms with Crippen LogP contribution in [0.25, 0.3) is 17.2 Å². The molecule has 0 N–H and O–H groups in total. The van der Waals surface area contributed by atoms with Crippen molar-refractivity contribution in [3.63, 3.8) is 0 Å². The Hall–Kier alpha value is -2.50. The van der Waals surface area contributed by atoms with Crippen LogP contribution in [0.1, 0.15) is 11.3 Å². The summed E-state index contributed by atoms with van der Waals surface area (Å²) in [6.07, 6.45) is 0. The zero-order valence-corrected chi connectivity index (χ0v) is 10.0. The molecule has 2 aromatic heterocycles. The molecule has 0 saturated heterocycles. The van der Waals surface area contributed by atoms with Crippen LogP contribution in [-0.4, -0.2) is 25.4 Å². The largest absolute Gasteiger partial charge is 0.359 e. The number of aromatic nitrogens is 5. The van der Waals surface area contributed by atoms with Crippen LogP contribution in [0.15, 0.2) is 34.9 Å². The second-order valence-corrected chi connectivity index (χ2v) is 4.08. The first-order valence-electron chi connectivity index (χ1n) is 5.53. The van der Waals surface area contributed by atoms with Crippen LogP contribution in [0.3, 0.4) is 0 Å². The fraction of sp³-hybridized carbons (Fsp3) is 0.167. The fourth-order valence-electron chi connectivity index (χ4n) is 1.76. The van der Waals surface area contributed by atoms with Gasteiger partial charge >= 0.3 is 0 Å². The molecule has 3 rings (SSSR count). The molecular formula is C12H11N5O. The maximum absolute atomic E-state index is 5.04. The second kappa shape index (κ2) is 4.06. The molecule has 0 bridgehead atoms. The second-order valence-electron chi connectivity index (χ2n) is 4.08. The monoisotopic (exact) mass is 241 g/mol. The first kappa shape index (κ1) is 10.6. The van der Waals surface area contributed by atoms with Gasteiger partial charge in [0.05, 0.1) is 0 Å². The molecule has 0 amide bonds. The number of tetrazole rings is 1. The molecule has 90 valence electrons. The van der Waals surface area contributed by atoms with Crippen molar-refractivity contribution in [2.75, 3.05) is 0 Å². The van der Waals surface area contributed by atoms with Crippen LogP contribution in [0, 0.1) is 13.8 Å². The highest BCUT2D eigenvalue weighted by atomic mass is 16.5. The van der Waals surface area contributed by atoms with E-state index < -0.39 is 0 Å². The lowest BCUT2D eigenvalue weighted by Gasteiger charge is -2.01. The number of aryl methyl sites for hydroxylation is 2. The summed E-state index contributed by atoms with van der Waals surface area (Å²) in [6.45, 7) is 3.85.